The van der Waals surface area contributed by atoms with E-state index in [4.69, 9.17) is 0 Å². The molecule has 0 bridgehead atoms. The molecule has 4 aliphatic carbocycles. The highest BCUT2D eigenvalue weighted by molar-refractivity contribution is 5.14. The Labute approximate surface area is 188 Å². The molecule has 0 unspecified atom stereocenters. The Bertz CT molecular complexity index is 711. The van der Waals surface area contributed by atoms with Gasteiger partial charge in [0.15, 0.2) is 0 Å². The minimum Gasteiger partial charge on any atom is -0.393 e. The van der Waals surface area contributed by atoms with Gasteiger partial charge in [-0.1, -0.05) is 13.8 Å². The summed E-state index contributed by atoms with van der Waals surface area (Å²) in [7, 11) is 0. The fraction of sp³-hybridized carbons (Fsp3) is 1.00. The summed E-state index contributed by atoms with van der Waals surface area (Å²) >= 11 is 0. The van der Waals surface area contributed by atoms with Crippen LogP contribution in [0.15, 0.2) is 0 Å². The molecule has 176 valence electrons. The van der Waals surface area contributed by atoms with Crippen molar-refractivity contribution in [3.63, 3.8) is 0 Å². The van der Waals surface area contributed by atoms with Gasteiger partial charge in [-0.25, -0.2) is 0 Å². The fourth-order valence-corrected chi connectivity index (χ4v) is 10.6. The van der Waals surface area contributed by atoms with Gasteiger partial charge in [0.2, 0.25) is 0 Å². The average molecular weight is 432 g/mol. The van der Waals surface area contributed by atoms with Crippen LogP contribution in [0.5, 0.6) is 0 Å². The van der Waals surface area contributed by atoms with Crippen LogP contribution in [0.2, 0.25) is 0 Å². The summed E-state index contributed by atoms with van der Waals surface area (Å²) in [5.41, 5.74) is -0.365. The molecule has 6 aliphatic rings. The minimum absolute atomic E-state index is 0.188. The van der Waals surface area contributed by atoms with Crippen molar-refractivity contribution in [2.24, 2.45) is 52.8 Å². The molecule has 4 nitrogen and oxygen atoms in total. The quantitative estimate of drug-likeness (QED) is 0.547. The zero-order valence-corrected chi connectivity index (χ0v) is 19.9. The second-order valence-electron chi connectivity index (χ2n) is 13.4. The Kier molecular flexibility index (Phi) is 4.94. The number of nitrogens with zero attached hydrogens (tertiary/aromatic N) is 1. The first-order chi connectivity index (χ1) is 14.7. The van der Waals surface area contributed by atoms with E-state index in [0.29, 0.717) is 35.6 Å². The number of piperidine rings is 2. The van der Waals surface area contributed by atoms with Gasteiger partial charge in [-0.3, -0.25) is 4.90 Å². The third-order valence-electron chi connectivity index (χ3n) is 12.0. The summed E-state index contributed by atoms with van der Waals surface area (Å²) in [6.45, 7) is 9.36. The molecule has 2 saturated heterocycles. The third-order valence-corrected chi connectivity index (χ3v) is 12.0. The lowest BCUT2D eigenvalue weighted by molar-refractivity contribution is -0.176. The van der Waals surface area contributed by atoms with Gasteiger partial charge in [0, 0.05) is 19.1 Å². The van der Waals surface area contributed by atoms with Gasteiger partial charge in [0.25, 0.3) is 0 Å². The van der Waals surface area contributed by atoms with Crippen LogP contribution >= 0.6 is 0 Å². The fourth-order valence-electron chi connectivity index (χ4n) is 10.6. The van der Waals surface area contributed by atoms with E-state index in [1.807, 2.05) is 0 Å². The number of hydrogen-bond donors (Lipinski definition) is 3. The second-order valence-corrected chi connectivity index (χ2v) is 13.4. The SMILES string of the molecule is C[C@@H]1CC[C@@H]2N(C1)C[C@H]1[C@H]3C[C@@H]4[C@H](C[C@H](O)[C@H]5C[C@@H](O)CC[C@]45C)[C@@H]3CC[C@H]1[C@]2(C)O. The van der Waals surface area contributed by atoms with Crippen molar-refractivity contribution in [1.29, 1.82) is 0 Å². The largest absolute Gasteiger partial charge is 0.393 e. The van der Waals surface area contributed by atoms with Gasteiger partial charge in [0.05, 0.1) is 17.8 Å². The van der Waals surface area contributed by atoms with Crippen molar-refractivity contribution >= 4 is 0 Å². The Hall–Kier alpha value is -0.160. The van der Waals surface area contributed by atoms with E-state index in [0.717, 1.165) is 50.5 Å². The van der Waals surface area contributed by atoms with Crippen LogP contribution in [0, 0.1) is 52.8 Å². The first-order valence-corrected chi connectivity index (χ1v) is 13.5. The molecular formula is C27H45NO3. The van der Waals surface area contributed by atoms with Gasteiger partial charge in [-0.2, -0.15) is 0 Å². The van der Waals surface area contributed by atoms with Crippen molar-refractivity contribution in [1.82, 2.24) is 4.90 Å². The molecule has 0 aromatic carbocycles. The summed E-state index contributed by atoms with van der Waals surface area (Å²) in [5.74, 6) is 4.89. The monoisotopic (exact) mass is 431 g/mol. The maximum absolute atomic E-state index is 11.8. The van der Waals surface area contributed by atoms with E-state index in [1.54, 1.807) is 0 Å². The molecule has 0 amide bonds. The molecule has 3 N–H and O–H groups in total. The van der Waals surface area contributed by atoms with E-state index in [-0.39, 0.29) is 23.5 Å². The Morgan fingerprint density at radius 3 is 2.35 bits per heavy atom. The molecule has 6 rings (SSSR count). The molecule has 0 aromatic rings. The van der Waals surface area contributed by atoms with Gasteiger partial charge >= 0.3 is 0 Å². The maximum atomic E-state index is 11.8. The number of aliphatic hydroxyl groups excluding tert-OH is 2. The van der Waals surface area contributed by atoms with Gasteiger partial charge in [-0.15, -0.1) is 0 Å². The summed E-state index contributed by atoms with van der Waals surface area (Å²) in [5, 5.41) is 33.3. The van der Waals surface area contributed by atoms with Crippen LogP contribution in [0.4, 0.5) is 0 Å². The van der Waals surface area contributed by atoms with Gasteiger partial charge in [-0.05, 0) is 117 Å². The van der Waals surface area contributed by atoms with Gasteiger partial charge < -0.3 is 15.3 Å². The zero-order chi connectivity index (χ0) is 21.7. The molecule has 4 saturated carbocycles. The molecule has 2 heterocycles. The lowest BCUT2D eigenvalue weighted by atomic mass is 9.51. The normalized spacial score (nSPS) is 61.5. The van der Waals surface area contributed by atoms with Crippen molar-refractivity contribution in [2.75, 3.05) is 13.1 Å². The number of rotatable bonds is 0. The number of fused-ring (bicyclic) bond motifs is 8. The van der Waals surface area contributed by atoms with E-state index in [1.165, 1.54) is 32.2 Å². The van der Waals surface area contributed by atoms with Crippen molar-refractivity contribution in [3.05, 3.63) is 0 Å². The molecule has 6 fully saturated rings. The van der Waals surface area contributed by atoms with Crippen LogP contribution in [0.25, 0.3) is 0 Å². The van der Waals surface area contributed by atoms with E-state index >= 15 is 0 Å². The topological polar surface area (TPSA) is 63.9 Å². The van der Waals surface area contributed by atoms with E-state index in [9.17, 15) is 15.3 Å². The standard InChI is InChI=1S/C27H45NO3/c1-15-4-7-25-27(3,31)21-6-5-17-18(20(21)14-28(25)13-15)11-22-19(17)12-24(30)23-10-16(29)8-9-26(22,23)2/h15-25,29-31H,4-14H2,1-3H3/t15-,16+,17-,18+,19-,20+,21-,22-,23-,24+,25+,26-,27+/m1/s1. The second kappa shape index (κ2) is 7.17. The molecular weight excluding hydrogens is 386 g/mol. The van der Waals surface area contributed by atoms with Crippen LogP contribution in [-0.2, 0) is 0 Å². The van der Waals surface area contributed by atoms with E-state index < -0.39 is 5.60 Å². The first-order valence-electron chi connectivity index (χ1n) is 13.5. The average Bonchev–Trinajstić information content (AvgIpc) is 3.09. The smallest absolute Gasteiger partial charge is 0.0805 e. The molecule has 2 aliphatic heterocycles. The van der Waals surface area contributed by atoms with Crippen LogP contribution < -0.4 is 0 Å². The summed E-state index contributed by atoms with van der Waals surface area (Å²) in [6, 6.07) is 0.355. The predicted molar refractivity (Wildman–Crippen MR) is 121 cm³/mol. The van der Waals surface area contributed by atoms with Crippen molar-refractivity contribution in [3.8, 4) is 0 Å². The highest BCUT2D eigenvalue weighted by atomic mass is 16.3. The Balaban J connectivity index is 1.30. The molecule has 31 heavy (non-hydrogen) atoms. The summed E-state index contributed by atoms with van der Waals surface area (Å²) in [4.78, 5) is 2.68. The van der Waals surface area contributed by atoms with Crippen molar-refractivity contribution in [2.45, 2.75) is 102 Å². The number of aliphatic hydroxyl groups is 3. The van der Waals surface area contributed by atoms with E-state index in [2.05, 4.69) is 25.7 Å². The maximum Gasteiger partial charge on any atom is 0.0805 e. The minimum atomic E-state index is -0.553. The summed E-state index contributed by atoms with van der Waals surface area (Å²) < 4.78 is 0. The van der Waals surface area contributed by atoms with Crippen LogP contribution in [-0.4, -0.2) is 57.2 Å². The first kappa shape index (κ1) is 21.4. The lowest BCUT2D eigenvalue weighted by Crippen LogP contribution is -2.67. The Morgan fingerprint density at radius 1 is 0.742 bits per heavy atom. The molecule has 13 atom stereocenters. The third kappa shape index (κ3) is 3.00. The zero-order valence-electron chi connectivity index (χ0n) is 19.9. The van der Waals surface area contributed by atoms with Crippen LogP contribution in [0.3, 0.4) is 0 Å². The summed E-state index contributed by atoms with van der Waals surface area (Å²) in [6.07, 6.45) is 9.43. The lowest BCUT2D eigenvalue weighted by Gasteiger charge is -2.60. The highest BCUT2D eigenvalue weighted by Gasteiger charge is 2.64. The highest BCUT2D eigenvalue weighted by Crippen LogP contribution is 2.67. The van der Waals surface area contributed by atoms with Crippen LogP contribution in [0.1, 0.15) is 78.6 Å². The van der Waals surface area contributed by atoms with Crippen molar-refractivity contribution < 1.29 is 15.3 Å². The Morgan fingerprint density at radius 2 is 1.55 bits per heavy atom. The predicted octanol–water partition coefficient (Wildman–Crippen LogP) is 3.68. The number of hydrogen-bond acceptors (Lipinski definition) is 4. The molecule has 4 heteroatoms. The molecule has 0 radical (unpaired) electrons. The molecule has 0 spiro atoms. The van der Waals surface area contributed by atoms with Gasteiger partial charge in [0.1, 0.15) is 0 Å². The molecule has 0 aromatic heterocycles.